The third kappa shape index (κ3) is 7.49. The molecular weight excluding hydrogens is 525 g/mol. The molecule has 11 heteroatoms. The van der Waals surface area contributed by atoms with Gasteiger partial charge < -0.3 is 14.5 Å². The highest BCUT2D eigenvalue weighted by Gasteiger charge is 2.39. The molecule has 9 nitrogen and oxygen atoms in total. The first kappa shape index (κ1) is 28.8. The maximum atomic E-state index is 13.5. The number of sulfonamides is 1. The van der Waals surface area contributed by atoms with Gasteiger partial charge in [-0.15, -0.1) is 0 Å². The molecule has 0 bridgehead atoms. The number of piperazine rings is 1. The number of carbonyl (C=O) groups is 3. The SMILES string of the molecule is CN(C(=O)c1ccccc1)[C@@H](COCC(=O)CC1C[C@H]1c1ccc(F)cc1)C(=O)N1CCN(S(C)(=O)=O)CC1. The lowest BCUT2D eigenvalue weighted by molar-refractivity contribution is -0.140. The van der Waals surface area contributed by atoms with Gasteiger partial charge in [0, 0.05) is 45.2 Å². The lowest BCUT2D eigenvalue weighted by Gasteiger charge is -2.37. The van der Waals surface area contributed by atoms with Crippen LogP contribution in [0, 0.1) is 11.7 Å². The molecule has 0 N–H and O–H groups in total. The molecule has 4 rings (SSSR count). The van der Waals surface area contributed by atoms with Crippen LogP contribution in [0.3, 0.4) is 0 Å². The van der Waals surface area contributed by atoms with Gasteiger partial charge in [-0.25, -0.2) is 12.8 Å². The normalized spacial score (nSPS) is 20.3. The fourth-order valence-electron chi connectivity index (χ4n) is 4.95. The van der Waals surface area contributed by atoms with Crippen molar-refractivity contribution in [2.24, 2.45) is 5.92 Å². The molecule has 1 saturated heterocycles. The number of likely N-dealkylation sites (N-methyl/N-ethyl adjacent to an activating group) is 1. The van der Waals surface area contributed by atoms with Crippen LogP contribution in [0.15, 0.2) is 54.6 Å². The molecule has 0 spiro atoms. The van der Waals surface area contributed by atoms with Gasteiger partial charge in [-0.05, 0) is 48.1 Å². The van der Waals surface area contributed by atoms with Gasteiger partial charge in [-0.1, -0.05) is 30.3 Å². The maximum Gasteiger partial charge on any atom is 0.254 e. The summed E-state index contributed by atoms with van der Waals surface area (Å²) >= 11 is 0. The number of benzene rings is 2. The number of ether oxygens (including phenoxy) is 1. The van der Waals surface area contributed by atoms with Crippen LogP contribution in [0.2, 0.25) is 0 Å². The molecule has 1 saturated carbocycles. The highest BCUT2D eigenvalue weighted by Crippen LogP contribution is 2.49. The fourth-order valence-corrected chi connectivity index (χ4v) is 5.78. The summed E-state index contributed by atoms with van der Waals surface area (Å²) in [6, 6.07) is 13.9. The summed E-state index contributed by atoms with van der Waals surface area (Å²) in [5, 5.41) is 0. The number of Topliss-reactive ketones (excluding diaryl/α,β-unsaturated/α-hetero) is 1. The molecule has 1 aliphatic heterocycles. The molecule has 1 aliphatic carbocycles. The van der Waals surface area contributed by atoms with Crippen molar-refractivity contribution in [2.75, 3.05) is 52.7 Å². The van der Waals surface area contributed by atoms with E-state index < -0.39 is 16.1 Å². The van der Waals surface area contributed by atoms with Crippen LogP contribution in [0.4, 0.5) is 4.39 Å². The van der Waals surface area contributed by atoms with Crippen molar-refractivity contribution < 1.29 is 31.9 Å². The number of halogens is 1. The Balaban J connectivity index is 1.35. The first-order valence-electron chi connectivity index (χ1n) is 13.0. The zero-order chi connectivity index (χ0) is 28.2. The van der Waals surface area contributed by atoms with E-state index in [-0.39, 0.29) is 74.6 Å². The van der Waals surface area contributed by atoms with E-state index in [0.29, 0.717) is 12.0 Å². The van der Waals surface area contributed by atoms with Crippen molar-refractivity contribution in [1.29, 1.82) is 0 Å². The smallest absolute Gasteiger partial charge is 0.254 e. The van der Waals surface area contributed by atoms with E-state index in [1.54, 1.807) is 42.5 Å². The fraction of sp³-hybridized carbons (Fsp3) is 0.464. The minimum absolute atomic E-state index is 0.102. The largest absolute Gasteiger partial charge is 0.371 e. The van der Waals surface area contributed by atoms with Gasteiger partial charge in [0.05, 0.1) is 12.9 Å². The molecule has 0 radical (unpaired) electrons. The summed E-state index contributed by atoms with van der Waals surface area (Å²) in [5.41, 5.74) is 1.43. The Morgan fingerprint density at radius 3 is 2.28 bits per heavy atom. The van der Waals surface area contributed by atoms with Gasteiger partial charge in [0.25, 0.3) is 5.91 Å². The molecule has 1 unspecified atom stereocenters. The molecule has 2 amide bonds. The lowest BCUT2D eigenvalue weighted by atomic mass is 10.1. The number of amides is 2. The first-order chi connectivity index (χ1) is 18.5. The molecule has 39 heavy (non-hydrogen) atoms. The van der Waals surface area contributed by atoms with Crippen LogP contribution in [-0.2, 0) is 24.3 Å². The van der Waals surface area contributed by atoms with Gasteiger partial charge in [0.1, 0.15) is 18.5 Å². The summed E-state index contributed by atoms with van der Waals surface area (Å²) in [5.74, 6) is -0.714. The Bertz CT molecular complexity index is 1280. The predicted molar refractivity (Wildman–Crippen MR) is 143 cm³/mol. The van der Waals surface area contributed by atoms with E-state index in [0.717, 1.165) is 18.2 Å². The standard InChI is InChI=1S/C28H34FN3O6S/c1-30(27(34)21-6-4-3-5-7-21)26(28(35)31-12-14-32(15-13-31)39(2,36)37)19-38-18-24(33)16-22-17-25(22)20-8-10-23(29)11-9-20/h3-11,22,25-26H,12-19H2,1-2H3/t22?,25-,26-/m0/s1. The van der Waals surface area contributed by atoms with Crippen molar-refractivity contribution >= 4 is 27.6 Å². The van der Waals surface area contributed by atoms with Gasteiger partial charge in [-0.2, -0.15) is 4.31 Å². The number of ketones is 1. The van der Waals surface area contributed by atoms with E-state index in [2.05, 4.69) is 0 Å². The quantitative estimate of drug-likeness (QED) is 0.418. The molecule has 2 aromatic rings. The summed E-state index contributed by atoms with van der Waals surface area (Å²) in [4.78, 5) is 42.1. The molecule has 2 fully saturated rings. The van der Waals surface area contributed by atoms with E-state index in [9.17, 15) is 27.2 Å². The zero-order valence-electron chi connectivity index (χ0n) is 22.2. The summed E-state index contributed by atoms with van der Waals surface area (Å²) in [6.45, 7) is 0.374. The van der Waals surface area contributed by atoms with Crippen molar-refractivity contribution in [3.8, 4) is 0 Å². The molecule has 2 aromatic carbocycles. The second-order valence-electron chi connectivity index (χ2n) is 10.2. The van der Waals surface area contributed by atoms with Crippen LogP contribution in [0.5, 0.6) is 0 Å². The van der Waals surface area contributed by atoms with Crippen LogP contribution < -0.4 is 0 Å². The monoisotopic (exact) mass is 559 g/mol. The Kier molecular flexibility index (Phi) is 9.14. The first-order valence-corrected chi connectivity index (χ1v) is 14.8. The Hall–Kier alpha value is -3.15. The maximum absolute atomic E-state index is 13.5. The molecule has 2 aliphatic rings. The summed E-state index contributed by atoms with van der Waals surface area (Å²) in [7, 11) is -1.84. The van der Waals surface area contributed by atoms with Gasteiger partial charge in [-0.3, -0.25) is 14.4 Å². The Labute approximate surface area is 228 Å². The second kappa shape index (κ2) is 12.4. The lowest BCUT2D eigenvalue weighted by Crippen LogP contribution is -2.57. The van der Waals surface area contributed by atoms with Crippen molar-refractivity contribution in [3.05, 3.63) is 71.5 Å². The summed E-state index contributed by atoms with van der Waals surface area (Å²) in [6.07, 6.45) is 2.31. The summed E-state index contributed by atoms with van der Waals surface area (Å²) < 4.78 is 43.9. The number of nitrogens with zero attached hydrogens (tertiary/aromatic N) is 3. The highest BCUT2D eigenvalue weighted by molar-refractivity contribution is 7.88. The van der Waals surface area contributed by atoms with E-state index >= 15 is 0 Å². The average Bonchev–Trinajstić information content (AvgIpc) is 3.69. The molecule has 1 heterocycles. The van der Waals surface area contributed by atoms with Crippen LogP contribution in [0.25, 0.3) is 0 Å². The van der Waals surface area contributed by atoms with E-state index in [1.807, 2.05) is 0 Å². The molecule has 3 atom stereocenters. The van der Waals surface area contributed by atoms with Gasteiger partial charge >= 0.3 is 0 Å². The number of carbonyl (C=O) groups excluding carboxylic acids is 3. The van der Waals surface area contributed by atoms with Crippen LogP contribution in [0.1, 0.15) is 34.7 Å². The zero-order valence-corrected chi connectivity index (χ0v) is 23.0. The molecule has 0 aromatic heterocycles. The highest BCUT2D eigenvalue weighted by atomic mass is 32.2. The average molecular weight is 560 g/mol. The predicted octanol–water partition coefficient (Wildman–Crippen LogP) is 2.15. The van der Waals surface area contributed by atoms with Crippen molar-refractivity contribution in [1.82, 2.24) is 14.1 Å². The third-order valence-corrected chi connectivity index (χ3v) is 8.67. The minimum atomic E-state index is -3.36. The Morgan fingerprint density at radius 1 is 1.03 bits per heavy atom. The van der Waals surface area contributed by atoms with Gasteiger partial charge in [0.15, 0.2) is 5.78 Å². The van der Waals surface area contributed by atoms with Crippen molar-refractivity contribution in [2.45, 2.75) is 24.8 Å². The third-order valence-electron chi connectivity index (χ3n) is 7.36. The van der Waals surface area contributed by atoms with Gasteiger partial charge in [0.2, 0.25) is 15.9 Å². The Morgan fingerprint density at radius 2 is 1.67 bits per heavy atom. The molecule has 210 valence electrons. The number of hydrogen-bond acceptors (Lipinski definition) is 6. The minimum Gasteiger partial charge on any atom is -0.371 e. The van der Waals surface area contributed by atoms with E-state index in [1.165, 1.54) is 33.3 Å². The number of rotatable bonds is 11. The molecular formula is C28H34FN3O6S. The van der Waals surface area contributed by atoms with Crippen LogP contribution in [-0.4, -0.2) is 98.9 Å². The van der Waals surface area contributed by atoms with Crippen LogP contribution >= 0.6 is 0 Å². The van der Waals surface area contributed by atoms with Crippen molar-refractivity contribution in [3.63, 3.8) is 0 Å². The topological polar surface area (TPSA) is 104 Å². The number of hydrogen-bond donors (Lipinski definition) is 0. The second-order valence-corrected chi connectivity index (χ2v) is 12.2. The van der Waals surface area contributed by atoms with E-state index in [4.69, 9.17) is 4.74 Å².